The minimum absolute atomic E-state index is 0.00393. The molecule has 2 aromatic rings. The Labute approximate surface area is 112 Å². The lowest BCUT2D eigenvalue weighted by Crippen LogP contribution is -2.30. The summed E-state index contributed by atoms with van der Waals surface area (Å²) in [5.74, 6) is 0.427. The Bertz CT molecular complexity index is 574. The number of carbonyl (C=O) groups is 1. The van der Waals surface area contributed by atoms with Crippen LogP contribution in [0.2, 0.25) is 0 Å². The van der Waals surface area contributed by atoms with Gasteiger partial charge >= 0.3 is 0 Å². The molecule has 19 heavy (non-hydrogen) atoms. The van der Waals surface area contributed by atoms with Gasteiger partial charge in [-0.25, -0.2) is 0 Å². The molecule has 3 heteroatoms. The number of nitrogens with zero attached hydrogens (tertiary/aromatic N) is 1. The molecule has 0 spiro atoms. The van der Waals surface area contributed by atoms with E-state index in [9.17, 15) is 4.79 Å². The number of carbonyl (C=O) groups excluding carboxylic acids is 1. The van der Waals surface area contributed by atoms with E-state index in [1.807, 2.05) is 17.0 Å². The molecule has 3 nitrogen and oxygen atoms in total. The monoisotopic (exact) mass is 255 g/mol. The van der Waals surface area contributed by atoms with Crippen molar-refractivity contribution >= 4 is 5.91 Å². The SMILES string of the molecule is Cc1ccccc1C1CCCN1C(=O)c1ccco1. The van der Waals surface area contributed by atoms with E-state index in [1.54, 1.807) is 18.4 Å². The van der Waals surface area contributed by atoms with Gasteiger partial charge in [0.1, 0.15) is 0 Å². The van der Waals surface area contributed by atoms with Gasteiger partial charge in [-0.15, -0.1) is 0 Å². The highest BCUT2D eigenvalue weighted by Crippen LogP contribution is 2.34. The topological polar surface area (TPSA) is 33.5 Å². The first-order valence-electron chi connectivity index (χ1n) is 6.67. The maximum atomic E-state index is 12.4. The quantitative estimate of drug-likeness (QED) is 0.822. The van der Waals surface area contributed by atoms with Crippen LogP contribution in [0.4, 0.5) is 0 Å². The minimum atomic E-state index is -0.00393. The van der Waals surface area contributed by atoms with Crippen LogP contribution in [0, 0.1) is 6.92 Å². The van der Waals surface area contributed by atoms with E-state index in [-0.39, 0.29) is 11.9 Å². The number of amides is 1. The summed E-state index contributed by atoms with van der Waals surface area (Å²) < 4.78 is 5.23. The minimum Gasteiger partial charge on any atom is -0.459 e. The molecule has 0 saturated carbocycles. The van der Waals surface area contributed by atoms with Crippen molar-refractivity contribution in [1.29, 1.82) is 0 Å². The van der Waals surface area contributed by atoms with Gasteiger partial charge in [0.15, 0.2) is 5.76 Å². The van der Waals surface area contributed by atoms with Gasteiger partial charge in [0.05, 0.1) is 12.3 Å². The predicted molar refractivity (Wildman–Crippen MR) is 72.9 cm³/mol. The molecule has 1 aliphatic heterocycles. The Morgan fingerprint density at radius 2 is 2.11 bits per heavy atom. The fourth-order valence-corrected chi connectivity index (χ4v) is 2.84. The largest absolute Gasteiger partial charge is 0.459 e. The fourth-order valence-electron chi connectivity index (χ4n) is 2.84. The summed E-state index contributed by atoms with van der Waals surface area (Å²) in [7, 11) is 0. The van der Waals surface area contributed by atoms with Gasteiger partial charge in [0.25, 0.3) is 5.91 Å². The van der Waals surface area contributed by atoms with E-state index in [0.29, 0.717) is 5.76 Å². The van der Waals surface area contributed by atoms with Crippen LogP contribution in [0.3, 0.4) is 0 Å². The smallest absolute Gasteiger partial charge is 0.290 e. The van der Waals surface area contributed by atoms with Crippen molar-refractivity contribution in [1.82, 2.24) is 4.90 Å². The zero-order chi connectivity index (χ0) is 13.2. The summed E-state index contributed by atoms with van der Waals surface area (Å²) in [5, 5.41) is 0. The second kappa shape index (κ2) is 4.92. The molecule has 1 aromatic carbocycles. The van der Waals surface area contributed by atoms with Crippen LogP contribution < -0.4 is 0 Å². The lowest BCUT2D eigenvalue weighted by Gasteiger charge is -2.25. The third kappa shape index (κ3) is 2.16. The molecular formula is C16H17NO2. The van der Waals surface area contributed by atoms with Crippen molar-refractivity contribution in [2.75, 3.05) is 6.54 Å². The third-order valence-electron chi connectivity index (χ3n) is 3.79. The highest BCUT2D eigenvalue weighted by molar-refractivity contribution is 5.92. The highest BCUT2D eigenvalue weighted by Gasteiger charge is 2.32. The zero-order valence-electron chi connectivity index (χ0n) is 11.0. The average Bonchev–Trinajstić information content (AvgIpc) is 3.10. The zero-order valence-corrected chi connectivity index (χ0v) is 11.0. The molecule has 1 unspecified atom stereocenters. The number of hydrogen-bond donors (Lipinski definition) is 0. The van der Waals surface area contributed by atoms with E-state index in [2.05, 4.69) is 19.1 Å². The first-order chi connectivity index (χ1) is 9.27. The van der Waals surface area contributed by atoms with Crippen molar-refractivity contribution < 1.29 is 9.21 Å². The van der Waals surface area contributed by atoms with Gasteiger partial charge < -0.3 is 9.32 Å². The number of likely N-dealkylation sites (tertiary alicyclic amines) is 1. The van der Waals surface area contributed by atoms with E-state index in [0.717, 1.165) is 19.4 Å². The summed E-state index contributed by atoms with van der Waals surface area (Å²) >= 11 is 0. The van der Waals surface area contributed by atoms with Crippen LogP contribution in [0.1, 0.15) is 40.6 Å². The molecule has 1 aromatic heterocycles. The molecule has 0 aliphatic carbocycles. The molecule has 1 amide bonds. The molecule has 1 atom stereocenters. The summed E-state index contributed by atoms with van der Waals surface area (Å²) in [6.07, 6.45) is 3.62. The van der Waals surface area contributed by atoms with Gasteiger partial charge in [-0.3, -0.25) is 4.79 Å². The lowest BCUT2D eigenvalue weighted by molar-refractivity contribution is 0.0703. The standard InChI is InChI=1S/C16H17NO2/c1-12-6-2-3-7-13(12)14-8-4-10-17(14)16(18)15-9-5-11-19-15/h2-3,5-7,9,11,14H,4,8,10H2,1H3. The molecule has 0 bridgehead atoms. The molecular weight excluding hydrogens is 238 g/mol. The Morgan fingerprint density at radius 1 is 1.26 bits per heavy atom. The van der Waals surface area contributed by atoms with E-state index in [4.69, 9.17) is 4.42 Å². The molecule has 1 saturated heterocycles. The predicted octanol–water partition coefficient (Wildman–Crippen LogP) is 3.57. The average molecular weight is 255 g/mol. The number of hydrogen-bond acceptors (Lipinski definition) is 2. The Hall–Kier alpha value is -2.03. The van der Waals surface area contributed by atoms with Crippen molar-refractivity contribution in [3.63, 3.8) is 0 Å². The lowest BCUT2D eigenvalue weighted by atomic mass is 9.99. The summed E-state index contributed by atoms with van der Waals surface area (Å²) in [6.45, 7) is 2.90. The number of benzene rings is 1. The van der Waals surface area contributed by atoms with Gasteiger partial charge in [-0.05, 0) is 43.0 Å². The first-order valence-corrected chi connectivity index (χ1v) is 6.67. The second-order valence-corrected chi connectivity index (χ2v) is 4.99. The van der Waals surface area contributed by atoms with Crippen LogP contribution in [0.5, 0.6) is 0 Å². The van der Waals surface area contributed by atoms with E-state index < -0.39 is 0 Å². The third-order valence-corrected chi connectivity index (χ3v) is 3.79. The number of furan rings is 1. The second-order valence-electron chi connectivity index (χ2n) is 4.99. The van der Waals surface area contributed by atoms with E-state index >= 15 is 0 Å². The molecule has 0 N–H and O–H groups in total. The van der Waals surface area contributed by atoms with Crippen molar-refractivity contribution in [3.8, 4) is 0 Å². The molecule has 1 fully saturated rings. The van der Waals surface area contributed by atoms with Crippen LogP contribution in [0.25, 0.3) is 0 Å². The van der Waals surface area contributed by atoms with Crippen molar-refractivity contribution in [2.24, 2.45) is 0 Å². The van der Waals surface area contributed by atoms with Crippen LogP contribution in [-0.2, 0) is 0 Å². The summed E-state index contributed by atoms with van der Waals surface area (Å²) in [5.41, 5.74) is 2.49. The van der Waals surface area contributed by atoms with Crippen LogP contribution in [0.15, 0.2) is 47.1 Å². The highest BCUT2D eigenvalue weighted by atomic mass is 16.3. The van der Waals surface area contributed by atoms with Gasteiger partial charge in [0, 0.05) is 6.54 Å². The fraction of sp³-hybridized carbons (Fsp3) is 0.312. The molecule has 98 valence electrons. The van der Waals surface area contributed by atoms with Gasteiger partial charge in [0.2, 0.25) is 0 Å². The maximum Gasteiger partial charge on any atom is 0.290 e. The van der Waals surface area contributed by atoms with Gasteiger partial charge in [-0.2, -0.15) is 0 Å². The molecule has 2 heterocycles. The molecule has 0 radical (unpaired) electrons. The first kappa shape index (κ1) is 12.0. The van der Waals surface area contributed by atoms with Crippen LogP contribution in [-0.4, -0.2) is 17.4 Å². The molecule has 3 rings (SSSR count). The number of rotatable bonds is 2. The molecule has 1 aliphatic rings. The summed E-state index contributed by atoms with van der Waals surface area (Å²) in [4.78, 5) is 14.4. The van der Waals surface area contributed by atoms with Crippen LogP contribution >= 0.6 is 0 Å². The normalized spacial score (nSPS) is 18.8. The van der Waals surface area contributed by atoms with E-state index in [1.165, 1.54) is 11.1 Å². The summed E-state index contributed by atoms with van der Waals surface area (Å²) in [6, 6.07) is 12.0. The maximum absolute atomic E-state index is 12.4. The van der Waals surface area contributed by atoms with Crippen molar-refractivity contribution in [2.45, 2.75) is 25.8 Å². The number of aryl methyl sites for hydroxylation is 1. The Balaban J connectivity index is 1.90. The Morgan fingerprint density at radius 3 is 2.84 bits per heavy atom. The van der Waals surface area contributed by atoms with Gasteiger partial charge in [-0.1, -0.05) is 24.3 Å². The van der Waals surface area contributed by atoms with Crippen molar-refractivity contribution in [3.05, 3.63) is 59.5 Å². The Kier molecular flexibility index (Phi) is 3.11.